The van der Waals surface area contributed by atoms with Crippen LogP contribution in [0.3, 0.4) is 0 Å². The fourth-order valence-electron chi connectivity index (χ4n) is 2.74. The molecule has 0 saturated carbocycles. The standard InChI is InChI=1S/C22H23N3O3/c1-3-28-19-10-8-17(9-11-19)20-14-21(26)25(15-24-20)13-12-23-22(27)18-6-4-16(2)5-7-18/h4-11,14-15H,3,12-13H2,1-2H3,(H,23,27). The van der Waals surface area contributed by atoms with Gasteiger partial charge in [0, 0.05) is 30.3 Å². The van der Waals surface area contributed by atoms with Crippen molar-refractivity contribution >= 4 is 5.91 Å². The Bertz CT molecular complexity index is 993. The summed E-state index contributed by atoms with van der Waals surface area (Å²) in [6.45, 7) is 5.20. The van der Waals surface area contributed by atoms with E-state index in [-0.39, 0.29) is 11.5 Å². The van der Waals surface area contributed by atoms with E-state index >= 15 is 0 Å². The quantitative estimate of drug-likeness (QED) is 0.687. The van der Waals surface area contributed by atoms with Gasteiger partial charge in [-0.15, -0.1) is 0 Å². The molecule has 0 fully saturated rings. The molecular formula is C22H23N3O3. The number of nitrogens with zero attached hydrogens (tertiary/aromatic N) is 2. The average Bonchev–Trinajstić information content (AvgIpc) is 2.70. The summed E-state index contributed by atoms with van der Waals surface area (Å²) in [6, 6.07) is 16.3. The molecule has 0 saturated heterocycles. The van der Waals surface area contributed by atoms with Crippen molar-refractivity contribution in [2.24, 2.45) is 0 Å². The highest BCUT2D eigenvalue weighted by Crippen LogP contribution is 2.19. The first kappa shape index (κ1) is 19.4. The Morgan fingerprint density at radius 3 is 2.46 bits per heavy atom. The summed E-state index contributed by atoms with van der Waals surface area (Å²) in [5, 5.41) is 2.82. The second kappa shape index (κ2) is 8.99. The lowest BCUT2D eigenvalue weighted by Gasteiger charge is -2.09. The van der Waals surface area contributed by atoms with E-state index in [2.05, 4.69) is 10.3 Å². The van der Waals surface area contributed by atoms with Gasteiger partial charge in [-0.25, -0.2) is 4.98 Å². The zero-order valence-corrected chi connectivity index (χ0v) is 16.0. The molecule has 0 aliphatic rings. The number of carbonyl (C=O) groups is 1. The molecule has 2 aromatic carbocycles. The lowest BCUT2D eigenvalue weighted by atomic mass is 10.1. The van der Waals surface area contributed by atoms with E-state index in [4.69, 9.17) is 4.74 Å². The zero-order valence-electron chi connectivity index (χ0n) is 16.0. The molecule has 0 aliphatic heterocycles. The number of carbonyl (C=O) groups excluding carboxylic acids is 1. The van der Waals surface area contributed by atoms with Crippen LogP contribution in [0.1, 0.15) is 22.8 Å². The predicted molar refractivity (Wildman–Crippen MR) is 109 cm³/mol. The van der Waals surface area contributed by atoms with Crippen molar-refractivity contribution < 1.29 is 9.53 Å². The molecule has 1 heterocycles. The Kier molecular flexibility index (Phi) is 6.22. The third-order valence-corrected chi connectivity index (χ3v) is 4.29. The van der Waals surface area contributed by atoms with Gasteiger partial charge in [0.1, 0.15) is 5.75 Å². The summed E-state index contributed by atoms with van der Waals surface area (Å²) in [6.07, 6.45) is 1.51. The van der Waals surface area contributed by atoms with Gasteiger partial charge in [0.25, 0.3) is 11.5 Å². The van der Waals surface area contributed by atoms with Gasteiger partial charge >= 0.3 is 0 Å². The van der Waals surface area contributed by atoms with Gasteiger partial charge in [0.05, 0.1) is 18.6 Å². The summed E-state index contributed by atoms with van der Waals surface area (Å²) in [7, 11) is 0. The Labute approximate surface area is 163 Å². The molecule has 0 radical (unpaired) electrons. The molecule has 144 valence electrons. The first-order chi connectivity index (χ1) is 13.6. The Hall–Kier alpha value is -3.41. The first-order valence-electron chi connectivity index (χ1n) is 9.21. The van der Waals surface area contributed by atoms with Crippen LogP contribution >= 0.6 is 0 Å². The molecule has 6 heteroatoms. The van der Waals surface area contributed by atoms with Crippen LogP contribution in [-0.2, 0) is 6.54 Å². The molecule has 1 amide bonds. The highest BCUT2D eigenvalue weighted by atomic mass is 16.5. The molecule has 6 nitrogen and oxygen atoms in total. The number of hydrogen-bond donors (Lipinski definition) is 1. The summed E-state index contributed by atoms with van der Waals surface area (Å²) in [5.41, 5.74) is 2.99. The van der Waals surface area contributed by atoms with Crippen molar-refractivity contribution in [1.82, 2.24) is 14.9 Å². The third-order valence-electron chi connectivity index (χ3n) is 4.29. The van der Waals surface area contributed by atoms with E-state index in [1.807, 2.05) is 50.2 Å². The van der Waals surface area contributed by atoms with Crippen LogP contribution in [0.25, 0.3) is 11.3 Å². The second-order valence-corrected chi connectivity index (χ2v) is 6.39. The molecule has 0 unspecified atom stereocenters. The normalized spacial score (nSPS) is 10.5. The minimum atomic E-state index is -0.163. The fourth-order valence-corrected chi connectivity index (χ4v) is 2.74. The van der Waals surface area contributed by atoms with Crippen LogP contribution in [0, 0.1) is 6.92 Å². The van der Waals surface area contributed by atoms with Crippen molar-refractivity contribution in [3.05, 3.63) is 82.4 Å². The Balaban J connectivity index is 1.60. The number of ether oxygens (including phenoxy) is 1. The van der Waals surface area contributed by atoms with Crippen LogP contribution in [0.2, 0.25) is 0 Å². The monoisotopic (exact) mass is 377 g/mol. The maximum atomic E-state index is 12.4. The number of amides is 1. The molecule has 0 atom stereocenters. The number of rotatable bonds is 7. The van der Waals surface area contributed by atoms with Crippen molar-refractivity contribution in [2.75, 3.05) is 13.2 Å². The van der Waals surface area contributed by atoms with Crippen LogP contribution in [0.15, 0.2) is 65.7 Å². The SMILES string of the molecule is CCOc1ccc(-c2cc(=O)n(CCNC(=O)c3ccc(C)cc3)cn2)cc1. The largest absolute Gasteiger partial charge is 0.494 e. The number of hydrogen-bond acceptors (Lipinski definition) is 4. The van der Waals surface area contributed by atoms with Gasteiger partial charge in [-0.3, -0.25) is 14.2 Å². The highest BCUT2D eigenvalue weighted by molar-refractivity contribution is 5.94. The summed E-state index contributed by atoms with van der Waals surface area (Å²) in [4.78, 5) is 28.8. The van der Waals surface area contributed by atoms with E-state index in [0.717, 1.165) is 16.9 Å². The molecule has 1 N–H and O–H groups in total. The highest BCUT2D eigenvalue weighted by Gasteiger charge is 2.06. The minimum Gasteiger partial charge on any atom is -0.494 e. The Morgan fingerprint density at radius 1 is 1.11 bits per heavy atom. The Morgan fingerprint density at radius 2 is 1.82 bits per heavy atom. The predicted octanol–water partition coefficient (Wildman–Crippen LogP) is 3.05. The number of aryl methyl sites for hydroxylation is 1. The zero-order chi connectivity index (χ0) is 19.9. The van der Waals surface area contributed by atoms with Crippen molar-refractivity contribution in [2.45, 2.75) is 20.4 Å². The average molecular weight is 377 g/mol. The van der Waals surface area contributed by atoms with Gasteiger partial charge < -0.3 is 10.1 Å². The molecule has 0 bridgehead atoms. The maximum absolute atomic E-state index is 12.4. The summed E-state index contributed by atoms with van der Waals surface area (Å²) >= 11 is 0. The topological polar surface area (TPSA) is 73.2 Å². The summed E-state index contributed by atoms with van der Waals surface area (Å²) < 4.78 is 6.90. The molecule has 3 rings (SSSR count). The van der Waals surface area contributed by atoms with Gasteiger partial charge in [0.2, 0.25) is 0 Å². The minimum absolute atomic E-state index is 0.160. The molecule has 0 spiro atoms. The molecule has 0 aliphatic carbocycles. The molecular weight excluding hydrogens is 354 g/mol. The second-order valence-electron chi connectivity index (χ2n) is 6.39. The third kappa shape index (κ3) is 4.85. The van der Waals surface area contributed by atoms with E-state index in [1.165, 1.54) is 17.0 Å². The fraction of sp³-hybridized carbons (Fsp3) is 0.227. The van der Waals surface area contributed by atoms with Gasteiger partial charge in [0.15, 0.2) is 0 Å². The maximum Gasteiger partial charge on any atom is 0.253 e. The first-order valence-corrected chi connectivity index (χ1v) is 9.21. The van der Waals surface area contributed by atoms with Crippen LogP contribution < -0.4 is 15.6 Å². The number of benzene rings is 2. The van der Waals surface area contributed by atoms with E-state index in [9.17, 15) is 9.59 Å². The van der Waals surface area contributed by atoms with Crippen LogP contribution in [0.4, 0.5) is 0 Å². The molecule has 28 heavy (non-hydrogen) atoms. The van der Waals surface area contributed by atoms with Gasteiger partial charge in [-0.1, -0.05) is 17.7 Å². The van der Waals surface area contributed by atoms with E-state index in [0.29, 0.717) is 31.0 Å². The van der Waals surface area contributed by atoms with Crippen molar-refractivity contribution in [3.63, 3.8) is 0 Å². The van der Waals surface area contributed by atoms with Crippen molar-refractivity contribution in [3.8, 4) is 17.0 Å². The molecule has 3 aromatic rings. The summed E-state index contributed by atoms with van der Waals surface area (Å²) in [5.74, 6) is 0.621. The van der Waals surface area contributed by atoms with Crippen LogP contribution in [-0.4, -0.2) is 28.6 Å². The van der Waals surface area contributed by atoms with Crippen molar-refractivity contribution in [1.29, 1.82) is 0 Å². The van der Waals surface area contributed by atoms with E-state index < -0.39 is 0 Å². The van der Waals surface area contributed by atoms with E-state index in [1.54, 1.807) is 12.1 Å². The number of nitrogens with one attached hydrogen (secondary N) is 1. The lowest BCUT2D eigenvalue weighted by Crippen LogP contribution is -2.30. The van der Waals surface area contributed by atoms with Crippen LogP contribution in [0.5, 0.6) is 5.75 Å². The van der Waals surface area contributed by atoms with Gasteiger partial charge in [-0.2, -0.15) is 0 Å². The smallest absolute Gasteiger partial charge is 0.253 e. The number of aromatic nitrogens is 2. The van der Waals surface area contributed by atoms with Gasteiger partial charge in [-0.05, 0) is 50.2 Å². The molecule has 1 aromatic heterocycles. The lowest BCUT2D eigenvalue weighted by molar-refractivity contribution is 0.0952.